The molecule has 0 radical (unpaired) electrons. The molecule has 1 atom stereocenters. The lowest BCUT2D eigenvalue weighted by molar-refractivity contribution is -0.142. The molecule has 1 aromatic rings. The minimum atomic E-state index is -0.277. The molecule has 2 aliphatic heterocycles. The fourth-order valence-corrected chi connectivity index (χ4v) is 3.78. The first-order valence-corrected chi connectivity index (χ1v) is 9.39. The fourth-order valence-electron chi connectivity index (χ4n) is 3.78. The molecule has 0 unspecified atom stereocenters. The normalized spacial score (nSPS) is 22.3. The second-order valence-electron chi connectivity index (χ2n) is 7.39. The molecule has 0 bridgehead atoms. The van der Waals surface area contributed by atoms with Gasteiger partial charge in [0.1, 0.15) is 6.04 Å². The zero-order chi connectivity index (χ0) is 17.8. The van der Waals surface area contributed by atoms with Gasteiger partial charge in [0, 0.05) is 25.7 Å². The summed E-state index contributed by atoms with van der Waals surface area (Å²) in [6, 6.07) is 9.63. The van der Waals surface area contributed by atoms with Gasteiger partial charge in [-0.1, -0.05) is 37.3 Å². The minimum Gasteiger partial charge on any atom is -0.341 e. The third-order valence-corrected chi connectivity index (χ3v) is 5.49. The predicted molar refractivity (Wildman–Crippen MR) is 99.8 cm³/mol. The van der Waals surface area contributed by atoms with E-state index in [2.05, 4.69) is 6.92 Å². The number of carbonyl (C=O) groups is 2. The Kier molecular flexibility index (Phi) is 5.57. The first kappa shape index (κ1) is 17.7. The highest BCUT2D eigenvalue weighted by Gasteiger charge is 2.36. The van der Waals surface area contributed by atoms with Gasteiger partial charge in [-0.2, -0.15) is 0 Å². The van der Waals surface area contributed by atoms with E-state index in [4.69, 9.17) is 0 Å². The number of carbonyl (C=O) groups excluding carboxylic acids is 2. The van der Waals surface area contributed by atoms with Gasteiger partial charge < -0.3 is 9.80 Å². The van der Waals surface area contributed by atoms with E-state index in [1.807, 2.05) is 42.2 Å². The lowest BCUT2D eigenvalue weighted by Crippen LogP contribution is -2.49. The Morgan fingerprint density at radius 1 is 1.04 bits per heavy atom. The van der Waals surface area contributed by atoms with Crippen LogP contribution in [0.5, 0.6) is 0 Å². The number of benzene rings is 1. The number of nitrogens with zero attached hydrogens (tertiary/aromatic N) is 2. The molecule has 25 heavy (non-hydrogen) atoms. The highest BCUT2D eigenvalue weighted by atomic mass is 16.2. The van der Waals surface area contributed by atoms with Gasteiger partial charge in [0.05, 0.1) is 0 Å². The molecular formula is C21H28N2O2. The van der Waals surface area contributed by atoms with Crippen molar-refractivity contribution >= 4 is 17.4 Å². The molecule has 1 aromatic carbocycles. The molecule has 4 nitrogen and oxygen atoms in total. The van der Waals surface area contributed by atoms with Crippen molar-refractivity contribution in [3.05, 3.63) is 42.0 Å². The van der Waals surface area contributed by atoms with E-state index >= 15 is 0 Å². The van der Waals surface area contributed by atoms with Crippen LogP contribution in [-0.4, -0.2) is 47.3 Å². The topological polar surface area (TPSA) is 40.6 Å². The maximum absolute atomic E-state index is 12.9. The quantitative estimate of drug-likeness (QED) is 0.792. The zero-order valence-electron chi connectivity index (χ0n) is 15.3. The summed E-state index contributed by atoms with van der Waals surface area (Å²) in [5.74, 6) is 0.799. The fraction of sp³-hybridized carbons (Fsp3) is 0.524. The summed E-state index contributed by atoms with van der Waals surface area (Å²) in [4.78, 5) is 29.4. The molecule has 2 amide bonds. The molecule has 2 saturated heterocycles. The maximum atomic E-state index is 12.9. The zero-order valence-corrected chi connectivity index (χ0v) is 15.3. The van der Waals surface area contributed by atoms with Crippen LogP contribution in [0.4, 0.5) is 0 Å². The molecule has 4 heteroatoms. The summed E-state index contributed by atoms with van der Waals surface area (Å²) in [7, 11) is 0. The van der Waals surface area contributed by atoms with Crippen LogP contribution in [0.3, 0.4) is 0 Å². The third kappa shape index (κ3) is 4.12. The van der Waals surface area contributed by atoms with Gasteiger partial charge in [-0.15, -0.1) is 0 Å². The van der Waals surface area contributed by atoms with Crippen LogP contribution >= 0.6 is 0 Å². The van der Waals surface area contributed by atoms with Crippen molar-refractivity contribution in [2.24, 2.45) is 5.92 Å². The molecule has 2 heterocycles. The monoisotopic (exact) mass is 340 g/mol. The van der Waals surface area contributed by atoms with Gasteiger partial charge in [-0.3, -0.25) is 9.59 Å². The van der Waals surface area contributed by atoms with E-state index in [0.717, 1.165) is 49.9 Å². The Labute approximate surface area is 150 Å². The lowest BCUT2D eigenvalue weighted by Gasteiger charge is -2.34. The van der Waals surface area contributed by atoms with Crippen LogP contribution in [0.15, 0.2) is 36.4 Å². The van der Waals surface area contributed by atoms with Crippen LogP contribution in [0.2, 0.25) is 0 Å². The number of rotatable bonds is 3. The van der Waals surface area contributed by atoms with Gasteiger partial charge >= 0.3 is 0 Å². The van der Waals surface area contributed by atoms with E-state index < -0.39 is 0 Å². The summed E-state index contributed by atoms with van der Waals surface area (Å²) in [5, 5.41) is 0. The van der Waals surface area contributed by atoms with Crippen LogP contribution in [0, 0.1) is 5.92 Å². The number of likely N-dealkylation sites (tertiary alicyclic amines) is 2. The third-order valence-electron chi connectivity index (χ3n) is 5.49. The Bertz CT molecular complexity index is 645. The van der Waals surface area contributed by atoms with Crippen LogP contribution in [-0.2, 0) is 9.59 Å². The molecule has 2 fully saturated rings. The Balaban J connectivity index is 1.68. The standard InChI is InChI=1S/C21H28N2O2/c1-16-10-13-22(14-11-16)21(25)19-9-6-12-23(19)20(24)15-17(2)18-7-4-3-5-8-18/h3-5,7-8,15-16,19H,6,9-14H2,1-2H3/b17-15+/t19-/m0/s1. The average Bonchev–Trinajstić information content (AvgIpc) is 3.12. The maximum Gasteiger partial charge on any atom is 0.247 e. The molecule has 0 aliphatic carbocycles. The first-order valence-electron chi connectivity index (χ1n) is 9.39. The molecule has 0 spiro atoms. The molecule has 0 N–H and O–H groups in total. The number of amides is 2. The van der Waals surface area contributed by atoms with E-state index in [9.17, 15) is 9.59 Å². The van der Waals surface area contributed by atoms with E-state index in [1.54, 1.807) is 11.0 Å². The minimum absolute atomic E-state index is 0.0393. The highest BCUT2D eigenvalue weighted by molar-refractivity contribution is 5.98. The largest absolute Gasteiger partial charge is 0.341 e. The Hall–Kier alpha value is -2.10. The summed E-state index contributed by atoms with van der Waals surface area (Å²) in [6.45, 7) is 6.53. The van der Waals surface area contributed by atoms with E-state index in [1.165, 1.54) is 0 Å². The molecular weight excluding hydrogens is 312 g/mol. The Morgan fingerprint density at radius 2 is 1.72 bits per heavy atom. The summed E-state index contributed by atoms with van der Waals surface area (Å²) in [6.07, 6.45) is 5.51. The lowest BCUT2D eigenvalue weighted by atomic mass is 9.98. The van der Waals surface area contributed by atoms with Crippen LogP contribution in [0.25, 0.3) is 5.57 Å². The van der Waals surface area contributed by atoms with Crippen molar-refractivity contribution in [3.8, 4) is 0 Å². The average molecular weight is 340 g/mol. The molecule has 0 saturated carbocycles. The van der Waals surface area contributed by atoms with Crippen molar-refractivity contribution in [1.29, 1.82) is 0 Å². The van der Waals surface area contributed by atoms with Gasteiger partial charge in [0.15, 0.2) is 0 Å². The van der Waals surface area contributed by atoms with Gasteiger partial charge in [-0.25, -0.2) is 0 Å². The van der Waals surface area contributed by atoms with Gasteiger partial charge in [-0.05, 0) is 49.7 Å². The second-order valence-corrected chi connectivity index (χ2v) is 7.39. The number of hydrogen-bond acceptors (Lipinski definition) is 2. The van der Waals surface area contributed by atoms with Gasteiger partial charge in [0.25, 0.3) is 0 Å². The highest BCUT2D eigenvalue weighted by Crippen LogP contribution is 2.24. The molecule has 0 aromatic heterocycles. The van der Waals surface area contributed by atoms with Crippen LogP contribution < -0.4 is 0 Å². The number of allylic oxidation sites excluding steroid dienone is 1. The summed E-state index contributed by atoms with van der Waals surface area (Å²) in [5.41, 5.74) is 1.98. The SMILES string of the molecule is C/C(=C\C(=O)N1CCC[C@H]1C(=O)N1CCC(C)CC1)c1ccccc1. The number of piperidine rings is 1. The smallest absolute Gasteiger partial charge is 0.247 e. The van der Waals surface area contributed by atoms with Crippen molar-refractivity contribution < 1.29 is 9.59 Å². The van der Waals surface area contributed by atoms with Crippen molar-refractivity contribution in [3.63, 3.8) is 0 Å². The van der Waals surface area contributed by atoms with E-state index in [-0.39, 0.29) is 17.9 Å². The number of hydrogen-bond donors (Lipinski definition) is 0. The first-order chi connectivity index (χ1) is 12.1. The molecule has 3 rings (SSSR count). The summed E-state index contributed by atoms with van der Waals surface area (Å²) >= 11 is 0. The second kappa shape index (κ2) is 7.85. The predicted octanol–water partition coefficient (Wildman–Crippen LogP) is 3.34. The van der Waals surface area contributed by atoms with Gasteiger partial charge in [0.2, 0.25) is 11.8 Å². The van der Waals surface area contributed by atoms with Crippen molar-refractivity contribution in [2.75, 3.05) is 19.6 Å². The Morgan fingerprint density at radius 3 is 2.40 bits per heavy atom. The molecule has 134 valence electrons. The van der Waals surface area contributed by atoms with Crippen molar-refractivity contribution in [2.45, 2.75) is 45.6 Å². The van der Waals surface area contributed by atoms with Crippen LogP contribution in [0.1, 0.15) is 45.1 Å². The van der Waals surface area contributed by atoms with Crippen molar-refractivity contribution in [1.82, 2.24) is 9.80 Å². The summed E-state index contributed by atoms with van der Waals surface area (Å²) < 4.78 is 0. The molecule has 2 aliphatic rings. The van der Waals surface area contributed by atoms with E-state index in [0.29, 0.717) is 12.5 Å².